The van der Waals surface area contributed by atoms with Gasteiger partial charge in [0.15, 0.2) is 0 Å². The van der Waals surface area contributed by atoms with E-state index < -0.39 is 0 Å². The zero-order chi connectivity index (χ0) is 23.5. The first-order chi connectivity index (χ1) is 16.6. The number of nitrogens with zero attached hydrogens (tertiary/aromatic N) is 5. The number of piperidine rings is 1. The topological polar surface area (TPSA) is 100 Å². The Balaban J connectivity index is 1.18. The van der Waals surface area contributed by atoms with Crippen molar-refractivity contribution < 1.29 is 4.79 Å². The molecule has 2 aromatic rings. The molecule has 9 nitrogen and oxygen atoms in total. The fraction of sp³-hybridized carbons (Fsp3) is 0.680. The quantitative estimate of drug-likeness (QED) is 0.460. The Morgan fingerprint density at radius 1 is 1.12 bits per heavy atom. The maximum Gasteiger partial charge on any atom is 0.229 e. The van der Waals surface area contributed by atoms with Gasteiger partial charge in [0.25, 0.3) is 0 Å². The third-order valence-corrected chi connectivity index (χ3v) is 7.48. The minimum atomic E-state index is 0.217. The second-order valence-electron chi connectivity index (χ2n) is 10.2. The molecular formula is C25H38N8O. The zero-order valence-electron chi connectivity index (χ0n) is 20.5. The lowest BCUT2D eigenvalue weighted by Gasteiger charge is -2.28. The summed E-state index contributed by atoms with van der Waals surface area (Å²) in [5, 5.41) is 14.7. The second-order valence-corrected chi connectivity index (χ2v) is 10.2. The summed E-state index contributed by atoms with van der Waals surface area (Å²) >= 11 is 0. The summed E-state index contributed by atoms with van der Waals surface area (Å²) in [7, 11) is 2.18. The van der Waals surface area contributed by atoms with Crippen molar-refractivity contribution in [3.8, 4) is 0 Å². The molecule has 1 saturated heterocycles. The van der Waals surface area contributed by atoms with Crippen LogP contribution in [0.15, 0.2) is 12.4 Å². The minimum absolute atomic E-state index is 0.217. The van der Waals surface area contributed by atoms with Crippen molar-refractivity contribution in [1.82, 2.24) is 30.0 Å². The molecule has 5 rings (SSSR count). The number of anilines is 3. The van der Waals surface area contributed by atoms with E-state index >= 15 is 0 Å². The summed E-state index contributed by atoms with van der Waals surface area (Å²) in [6.07, 6.45) is 12.9. The molecule has 0 spiro atoms. The van der Waals surface area contributed by atoms with E-state index in [1.807, 2.05) is 13.1 Å². The number of likely N-dealkylation sites (tertiary alicyclic amines) is 1. The predicted molar refractivity (Wildman–Crippen MR) is 133 cm³/mol. The highest BCUT2D eigenvalue weighted by atomic mass is 16.1. The van der Waals surface area contributed by atoms with Gasteiger partial charge in [0.2, 0.25) is 11.9 Å². The number of hydrogen-bond acceptors (Lipinski definition) is 7. The lowest BCUT2D eigenvalue weighted by atomic mass is 9.85. The van der Waals surface area contributed by atoms with Gasteiger partial charge in [-0.15, -0.1) is 0 Å². The van der Waals surface area contributed by atoms with Gasteiger partial charge in [-0.25, -0.2) is 4.98 Å². The average Bonchev–Trinajstić information content (AvgIpc) is 3.56. The van der Waals surface area contributed by atoms with E-state index in [1.165, 1.54) is 24.8 Å². The lowest BCUT2D eigenvalue weighted by molar-refractivity contribution is -0.127. The van der Waals surface area contributed by atoms with Crippen molar-refractivity contribution in [3.63, 3.8) is 0 Å². The van der Waals surface area contributed by atoms with E-state index in [-0.39, 0.29) is 11.8 Å². The molecule has 1 amide bonds. The normalized spacial score (nSPS) is 19.6. The molecular weight excluding hydrogens is 428 g/mol. The largest absolute Gasteiger partial charge is 0.370 e. The summed E-state index contributed by atoms with van der Waals surface area (Å²) in [5.41, 5.74) is 3.12. The molecule has 3 N–H and O–H groups in total. The summed E-state index contributed by atoms with van der Waals surface area (Å²) in [4.78, 5) is 23.8. The SMILES string of the molecule is Cc1nn(C2CCN(C)CC2)cc1Nc1ncc(C2CC2)c(NCCCNC(=O)C2CCC2)n1. The fourth-order valence-electron chi connectivity index (χ4n) is 4.78. The highest BCUT2D eigenvalue weighted by Crippen LogP contribution is 2.43. The van der Waals surface area contributed by atoms with Crippen molar-refractivity contribution in [3.05, 3.63) is 23.7 Å². The zero-order valence-corrected chi connectivity index (χ0v) is 20.5. The van der Waals surface area contributed by atoms with Crippen LogP contribution >= 0.6 is 0 Å². The molecule has 9 heteroatoms. The van der Waals surface area contributed by atoms with Crippen LogP contribution in [0.1, 0.15) is 74.6 Å². The van der Waals surface area contributed by atoms with Gasteiger partial charge < -0.3 is 20.9 Å². The molecule has 34 heavy (non-hydrogen) atoms. The Bertz CT molecular complexity index is 989. The number of amides is 1. The molecule has 1 aliphatic heterocycles. The molecule has 3 heterocycles. The van der Waals surface area contributed by atoms with Crippen LogP contribution in [0.3, 0.4) is 0 Å². The van der Waals surface area contributed by atoms with Crippen LogP contribution in [0.4, 0.5) is 17.5 Å². The Morgan fingerprint density at radius 3 is 2.62 bits per heavy atom. The first-order valence-electron chi connectivity index (χ1n) is 13.0. The smallest absolute Gasteiger partial charge is 0.229 e. The molecule has 2 aromatic heterocycles. The molecule has 2 saturated carbocycles. The van der Waals surface area contributed by atoms with Crippen molar-refractivity contribution in [2.45, 2.75) is 70.3 Å². The average molecular weight is 467 g/mol. The molecule has 0 aromatic carbocycles. The first-order valence-corrected chi connectivity index (χ1v) is 13.0. The van der Waals surface area contributed by atoms with Crippen LogP contribution < -0.4 is 16.0 Å². The van der Waals surface area contributed by atoms with Crippen molar-refractivity contribution >= 4 is 23.4 Å². The highest BCUT2D eigenvalue weighted by Gasteiger charge is 2.28. The van der Waals surface area contributed by atoms with Gasteiger partial charge in [0.1, 0.15) is 5.82 Å². The van der Waals surface area contributed by atoms with Crippen LogP contribution in [0.2, 0.25) is 0 Å². The van der Waals surface area contributed by atoms with E-state index in [1.54, 1.807) is 0 Å². The molecule has 3 fully saturated rings. The molecule has 184 valence electrons. The number of aromatic nitrogens is 4. The predicted octanol–water partition coefficient (Wildman–Crippen LogP) is 3.59. The number of carbonyl (C=O) groups is 1. The second kappa shape index (κ2) is 10.3. The Hall–Kier alpha value is -2.68. The number of carbonyl (C=O) groups excluding carboxylic acids is 1. The van der Waals surface area contributed by atoms with Gasteiger partial charge in [0, 0.05) is 37.0 Å². The molecule has 2 aliphatic carbocycles. The number of aryl methyl sites for hydroxylation is 1. The maximum atomic E-state index is 12.0. The van der Waals surface area contributed by atoms with Gasteiger partial charge in [0.05, 0.1) is 17.4 Å². The van der Waals surface area contributed by atoms with Crippen LogP contribution in [0.5, 0.6) is 0 Å². The number of rotatable bonds is 10. The van der Waals surface area contributed by atoms with Gasteiger partial charge >= 0.3 is 0 Å². The monoisotopic (exact) mass is 466 g/mol. The van der Waals surface area contributed by atoms with Gasteiger partial charge in [-0.1, -0.05) is 6.42 Å². The van der Waals surface area contributed by atoms with Crippen LogP contribution in [0, 0.1) is 12.8 Å². The van der Waals surface area contributed by atoms with Gasteiger partial charge in [-0.2, -0.15) is 10.1 Å². The Morgan fingerprint density at radius 2 is 1.91 bits per heavy atom. The summed E-state index contributed by atoms with van der Waals surface area (Å²) in [5.74, 6) is 2.53. The highest BCUT2D eigenvalue weighted by molar-refractivity contribution is 5.79. The number of nitrogens with one attached hydrogen (secondary N) is 3. The van der Waals surface area contributed by atoms with Crippen LogP contribution in [0.25, 0.3) is 0 Å². The molecule has 0 radical (unpaired) electrons. The van der Waals surface area contributed by atoms with Gasteiger partial charge in [-0.3, -0.25) is 9.48 Å². The van der Waals surface area contributed by atoms with Crippen LogP contribution in [-0.2, 0) is 4.79 Å². The van der Waals surface area contributed by atoms with Crippen molar-refractivity contribution in [1.29, 1.82) is 0 Å². The third kappa shape index (κ3) is 5.51. The molecule has 0 unspecified atom stereocenters. The fourth-order valence-corrected chi connectivity index (χ4v) is 4.78. The van der Waals surface area contributed by atoms with E-state index in [9.17, 15) is 4.79 Å². The number of hydrogen-bond donors (Lipinski definition) is 3. The molecule has 3 aliphatic rings. The Kier molecular flexibility index (Phi) is 6.99. The molecule has 0 bridgehead atoms. The first kappa shape index (κ1) is 23.1. The Labute approximate surface area is 202 Å². The van der Waals surface area contributed by atoms with Crippen LogP contribution in [-0.4, -0.2) is 63.8 Å². The third-order valence-electron chi connectivity index (χ3n) is 7.48. The van der Waals surface area contributed by atoms with Crippen molar-refractivity contribution in [2.24, 2.45) is 5.92 Å². The van der Waals surface area contributed by atoms with Crippen molar-refractivity contribution in [2.75, 3.05) is 43.9 Å². The standard InChI is InChI=1S/C25H38N8O/c1-17-22(16-33(31-17)20-9-13-32(2)14-10-20)29-25-28-15-21(18-7-8-18)23(30-25)26-11-4-12-27-24(34)19-5-3-6-19/h15-16,18-20H,3-14H2,1-2H3,(H,27,34)(H2,26,28,29,30). The van der Waals surface area contributed by atoms with Gasteiger partial charge in [-0.05, 0) is 77.9 Å². The lowest BCUT2D eigenvalue weighted by Crippen LogP contribution is -2.35. The minimum Gasteiger partial charge on any atom is -0.370 e. The molecule has 0 atom stereocenters. The van der Waals surface area contributed by atoms with E-state index in [4.69, 9.17) is 10.1 Å². The summed E-state index contributed by atoms with van der Waals surface area (Å²) in [6.45, 7) is 5.72. The summed E-state index contributed by atoms with van der Waals surface area (Å²) in [6, 6.07) is 0.450. The van der Waals surface area contributed by atoms with E-state index in [0.29, 0.717) is 24.5 Å². The van der Waals surface area contributed by atoms with E-state index in [2.05, 4.69) is 43.8 Å². The summed E-state index contributed by atoms with van der Waals surface area (Å²) < 4.78 is 2.11. The maximum absolute atomic E-state index is 12.0. The van der Waals surface area contributed by atoms with E-state index in [0.717, 1.165) is 68.9 Å².